The monoisotopic (exact) mass is 815 g/mol. The zero-order valence-electron chi connectivity index (χ0n) is 38.7. The molecule has 2 saturated heterocycles. The van der Waals surface area contributed by atoms with E-state index in [-0.39, 0.29) is 45.6 Å². The lowest BCUT2D eigenvalue weighted by molar-refractivity contribution is -0.252. The molecule has 328 valence electrons. The van der Waals surface area contributed by atoms with Crippen molar-refractivity contribution in [3.63, 3.8) is 0 Å². The molecule has 6 saturated carbocycles. The summed E-state index contributed by atoms with van der Waals surface area (Å²) in [6.07, 6.45) is 17.8. The van der Waals surface area contributed by atoms with Crippen LogP contribution in [0.15, 0.2) is 0 Å². The summed E-state index contributed by atoms with van der Waals surface area (Å²) in [5.74, 6) is 4.33. The Labute approximate surface area is 355 Å². The minimum absolute atomic E-state index is 0.107. The Kier molecular flexibility index (Phi) is 9.60. The van der Waals surface area contributed by atoms with Gasteiger partial charge >= 0.3 is 11.9 Å². The summed E-state index contributed by atoms with van der Waals surface area (Å²) < 4.78 is 8.69. The first kappa shape index (κ1) is 41.9. The number of aliphatic carboxylic acids is 1. The van der Waals surface area contributed by atoms with Gasteiger partial charge in [0.05, 0.1) is 17.3 Å². The Bertz CT molecular complexity index is 1870. The number of hydrogen-bond acceptors (Lipinski definition) is 6. The zero-order valence-corrected chi connectivity index (χ0v) is 38.7. The average molecular weight is 815 g/mol. The van der Waals surface area contributed by atoms with Gasteiger partial charge in [-0.2, -0.15) is 0 Å². The van der Waals surface area contributed by atoms with Crippen LogP contribution < -0.4 is 0 Å². The van der Waals surface area contributed by atoms with Crippen molar-refractivity contribution >= 4 is 17.8 Å². The number of piperidine rings is 1. The van der Waals surface area contributed by atoms with E-state index in [9.17, 15) is 14.7 Å². The van der Waals surface area contributed by atoms with Crippen molar-refractivity contribution in [3.05, 3.63) is 11.6 Å². The molecule has 0 spiro atoms. The zero-order chi connectivity index (χ0) is 42.5. The molecule has 1 N–H and O–H groups in total. The second-order valence-electron chi connectivity index (χ2n) is 24.7. The van der Waals surface area contributed by atoms with Crippen LogP contribution in [-0.4, -0.2) is 60.8 Å². The lowest BCUT2D eigenvalue weighted by Crippen LogP contribution is -2.68. The third-order valence-electron chi connectivity index (χ3n) is 20.9. The highest BCUT2D eigenvalue weighted by Crippen LogP contribution is 2.79. The molecule has 8 aliphatic rings. The molecule has 9 heteroatoms. The molecule has 1 aromatic heterocycles. The van der Waals surface area contributed by atoms with E-state index in [2.05, 4.69) is 82.0 Å². The maximum atomic E-state index is 15.8. The fraction of sp³-hybridized carbons (Fsp3) is 0.900. The van der Waals surface area contributed by atoms with Gasteiger partial charge in [-0.25, -0.2) is 0 Å². The summed E-state index contributed by atoms with van der Waals surface area (Å²) in [4.78, 5) is 43.4. The molecule has 6 aliphatic carbocycles. The quantitative estimate of drug-likeness (QED) is 0.260. The van der Waals surface area contributed by atoms with Crippen molar-refractivity contribution in [3.8, 4) is 0 Å². The van der Waals surface area contributed by atoms with Crippen molar-refractivity contribution in [2.45, 2.75) is 215 Å². The number of carboxylic acids is 1. The first-order chi connectivity index (χ1) is 27.5. The average Bonchev–Trinajstić information content (AvgIpc) is 3.45. The van der Waals surface area contributed by atoms with Gasteiger partial charge in [-0.3, -0.25) is 14.4 Å². The molecule has 59 heavy (non-hydrogen) atoms. The highest BCUT2D eigenvalue weighted by Gasteiger charge is 2.74. The van der Waals surface area contributed by atoms with E-state index in [1.165, 1.54) is 38.5 Å². The summed E-state index contributed by atoms with van der Waals surface area (Å²) in [5.41, 5.74) is -0.693. The van der Waals surface area contributed by atoms with E-state index in [0.29, 0.717) is 65.0 Å². The summed E-state index contributed by atoms with van der Waals surface area (Å²) in [7, 11) is 0. The first-order valence-electron chi connectivity index (χ1n) is 24.2. The van der Waals surface area contributed by atoms with Gasteiger partial charge in [0, 0.05) is 29.5 Å². The van der Waals surface area contributed by atoms with Gasteiger partial charge < -0.3 is 19.3 Å². The van der Waals surface area contributed by atoms with Crippen molar-refractivity contribution in [2.75, 3.05) is 0 Å². The molecule has 1 aromatic rings. The molecule has 9 nitrogen and oxygen atoms in total. The summed E-state index contributed by atoms with van der Waals surface area (Å²) in [6.45, 7) is 25.0. The number of aromatic nitrogens is 3. The van der Waals surface area contributed by atoms with E-state index in [1.807, 2.05) is 0 Å². The van der Waals surface area contributed by atoms with Crippen LogP contribution in [0.3, 0.4) is 0 Å². The highest BCUT2D eigenvalue weighted by molar-refractivity contribution is 5.85. The molecule has 2 aliphatic heterocycles. The van der Waals surface area contributed by atoms with E-state index < -0.39 is 11.4 Å². The fourth-order valence-corrected chi connectivity index (χ4v) is 17.3. The van der Waals surface area contributed by atoms with Crippen LogP contribution in [0.25, 0.3) is 0 Å². The number of ether oxygens (including phenoxy) is 1. The first-order valence-corrected chi connectivity index (χ1v) is 24.2. The lowest BCUT2D eigenvalue weighted by atomic mass is 9.32. The predicted molar refractivity (Wildman–Crippen MR) is 228 cm³/mol. The molecule has 0 radical (unpaired) electrons. The maximum absolute atomic E-state index is 15.8. The van der Waals surface area contributed by atoms with Crippen LogP contribution >= 0.6 is 0 Å². The molecule has 0 aromatic carbocycles. The topological polar surface area (TPSA) is 115 Å². The smallest absolute Gasteiger partial charge is 0.309 e. The molecular formula is C50H78N4O5. The summed E-state index contributed by atoms with van der Waals surface area (Å²) >= 11 is 0. The number of carbonyl (C=O) groups excluding carboxylic acids is 2. The third kappa shape index (κ3) is 5.88. The van der Waals surface area contributed by atoms with Crippen molar-refractivity contribution in [2.24, 2.45) is 67.5 Å². The molecule has 1 unspecified atom stereocenters. The highest BCUT2D eigenvalue weighted by atomic mass is 16.5. The standard InChI is InChI=1S/C50H78N4O5/c1-29(2)41-52-51-30(3)53(41)33-26-31-12-13-32(27-33)54(31)42(56)50-21-16-34(46(8)22-23-46)40(50)35-14-15-37-47(9)19-18-38(59-39(55)28-44(4,5)43(57)58)45(6,7)36(47)17-20-49(37,11)48(35,10)24-25-50/h29,31-38,40H,12-28H2,1-11H3,(H,57,58)/t31-,32+,33?,34-,35-,36+,37-,38+,40-,47+,48-,49-,50+/m1/s1. The molecule has 8 fully saturated rings. The van der Waals surface area contributed by atoms with Crippen molar-refractivity contribution in [1.29, 1.82) is 0 Å². The van der Waals surface area contributed by atoms with Crippen LogP contribution in [0.5, 0.6) is 0 Å². The summed E-state index contributed by atoms with van der Waals surface area (Å²) in [5, 5.41) is 18.8. The number of esters is 1. The maximum Gasteiger partial charge on any atom is 0.309 e. The van der Waals surface area contributed by atoms with E-state index >= 15 is 4.79 Å². The van der Waals surface area contributed by atoms with Gasteiger partial charge in [0.25, 0.3) is 0 Å². The fourth-order valence-electron chi connectivity index (χ4n) is 17.3. The Balaban J connectivity index is 0.984. The molecule has 13 atom stereocenters. The number of fused-ring (bicyclic) bond motifs is 9. The van der Waals surface area contributed by atoms with E-state index in [4.69, 9.17) is 4.74 Å². The number of nitrogens with zero attached hydrogens (tertiary/aromatic N) is 4. The molecule has 9 rings (SSSR count). The van der Waals surface area contributed by atoms with Crippen LogP contribution in [0.2, 0.25) is 0 Å². The molecule has 2 bridgehead atoms. The van der Waals surface area contributed by atoms with Crippen LogP contribution in [0.1, 0.15) is 202 Å². The number of carboxylic acid groups (broad SMARTS) is 1. The summed E-state index contributed by atoms with van der Waals surface area (Å²) in [6, 6.07) is 1.00. The Hall–Kier alpha value is -2.45. The van der Waals surface area contributed by atoms with Gasteiger partial charge in [-0.05, 0) is 175 Å². The largest absolute Gasteiger partial charge is 0.481 e. The SMILES string of the molecule is Cc1nnc(C(C)C)n1C1C[C@H]2CC[C@@H](C1)N2C(=O)[C@]12CC[C@@H](C3(C)CC3)[C@@H]1[C@H]1CC[C@@H]3[C@@]4(C)CC[C@H](OC(=O)CC(C)(C)C(=O)O)C(C)(C)[C@@H]4CC[C@@]3(C)[C@]1(C)CC2. The number of hydrogen-bond donors (Lipinski definition) is 1. The van der Waals surface area contributed by atoms with Gasteiger partial charge in [0.15, 0.2) is 0 Å². The minimum Gasteiger partial charge on any atom is -0.481 e. The van der Waals surface area contributed by atoms with Gasteiger partial charge in [-0.15, -0.1) is 10.2 Å². The Morgan fingerprint density at radius 3 is 2.07 bits per heavy atom. The van der Waals surface area contributed by atoms with E-state index in [0.717, 1.165) is 75.9 Å². The minimum atomic E-state index is -1.14. The predicted octanol–water partition coefficient (Wildman–Crippen LogP) is 10.7. The van der Waals surface area contributed by atoms with Crippen LogP contribution in [0.4, 0.5) is 0 Å². The van der Waals surface area contributed by atoms with Crippen LogP contribution in [0, 0.1) is 74.4 Å². The Morgan fingerprint density at radius 2 is 1.44 bits per heavy atom. The van der Waals surface area contributed by atoms with Gasteiger partial charge in [-0.1, -0.05) is 55.4 Å². The lowest BCUT2D eigenvalue weighted by Gasteiger charge is -2.73. The molecule has 1 amide bonds. The third-order valence-corrected chi connectivity index (χ3v) is 20.9. The van der Waals surface area contributed by atoms with Crippen LogP contribution in [-0.2, 0) is 19.1 Å². The molecule has 3 heterocycles. The number of amides is 1. The van der Waals surface area contributed by atoms with Crippen molar-refractivity contribution < 1.29 is 24.2 Å². The normalized spacial score (nSPS) is 44.3. The number of aryl methyl sites for hydroxylation is 1. The number of carbonyl (C=O) groups is 3. The Morgan fingerprint density at radius 1 is 0.763 bits per heavy atom. The second kappa shape index (κ2) is 13.5. The molecular weight excluding hydrogens is 737 g/mol. The second-order valence-corrected chi connectivity index (χ2v) is 24.7. The van der Waals surface area contributed by atoms with Gasteiger partial charge in [0.2, 0.25) is 5.91 Å². The van der Waals surface area contributed by atoms with Gasteiger partial charge in [0.1, 0.15) is 17.8 Å². The number of rotatable bonds is 8. The van der Waals surface area contributed by atoms with E-state index in [1.54, 1.807) is 13.8 Å². The van der Waals surface area contributed by atoms with Crippen molar-refractivity contribution in [1.82, 2.24) is 19.7 Å².